The van der Waals surface area contributed by atoms with E-state index in [1.54, 1.807) is 24.3 Å². The van der Waals surface area contributed by atoms with Crippen LogP contribution in [0.1, 0.15) is 15.9 Å². The summed E-state index contributed by atoms with van der Waals surface area (Å²) in [5.41, 5.74) is 1.06. The molecular formula is C16H12Cl2O3. The normalized spacial score (nSPS) is 10.8. The summed E-state index contributed by atoms with van der Waals surface area (Å²) in [6.45, 7) is 0. The summed E-state index contributed by atoms with van der Waals surface area (Å²) in [6.07, 6.45) is 2.99. The Kier molecular flexibility index (Phi) is 4.89. The molecule has 0 heterocycles. The van der Waals surface area contributed by atoms with E-state index in [9.17, 15) is 9.90 Å². The molecule has 0 spiro atoms. The predicted octanol–water partition coefficient (Wildman–Crippen LogP) is 4.60. The Labute approximate surface area is 132 Å². The molecular weight excluding hydrogens is 311 g/mol. The third kappa shape index (κ3) is 3.57. The number of carbonyl (C=O) groups is 1. The van der Waals surface area contributed by atoms with Crippen molar-refractivity contribution in [2.75, 3.05) is 7.11 Å². The van der Waals surface area contributed by atoms with Crippen molar-refractivity contribution in [3.8, 4) is 11.5 Å². The Bertz CT molecular complexity index is 709. The zero-order valence-electron chi connectivity index (χ0n) is 11.1. The van der Waals surface area contributed by atoms with Crippen LogP contribution in [0.3, 0.4) is 0 Å². The van der Waals surface area contributed by atoms with E-state index in [0.29, 0.717) is 21.2 Å². The van der Waals surface area contributed by atoms with Crippen molar-refractivity contribution in [3.05, 3.63) is 63.6 Å². The van der Waals surface area contributed by atoms with Crippen LogP contribution in [-0.2, 0) is 0 Å². The minimum Gasteiger partial charge on any atom is -0.504 e. The lowest BCUT2D eigenvalue weighted by Gasteiger charge is -2.04. The van der Waals surface area contributed by atoms with Crippen LogP contribution in [0.5, 0.6) is 11.5 Å². The van der Waals surface area contributed by atoms with Crippen molar-refractivity contribution in [2.45, 2.75) is 0 Å². The molecule has 21 heavy (non-hydrogen) atoms. The minimum atomic E-state index is -0.232. The van der Waals surface area contributed by atoms with Gasteiger partial charge in [-0.15, -0.1) is 0 Å². The maximum absolute atomic E-state index is 12.1. The van der Waals surface area contributed by atoms with Gasteiger partial charge in [0.1, 0.15) is 0 Å². The van der Waals surface area contributed by atoms with Gasteiger partial charge >= 0.3 is 0 Å². The first kappa shape index (κ1) is 15.4. The molecule has 2 aromatic rings. The highest BCUT2D eigenvalue weighted by atomic mass is 35.5. The van der Waals surface area contributed by atoms with E-state index in [0.717, 1.165) is 0 Å². The van der Waals surface area contributed by atoms with Crippen LogP contribution >= 0.6 is 23.2 Å². The average molecular weight is 323 g/mol. The first-order chi connectivity index (χ1) is 10.0. The Morgan fingerprint density at radius 2 is 2.00 bits per heavy atom. The van der Waals surface area contributed by atoms with Gasteiger partial charge < -0.3 is 9.84 Å². The van der Waals surface area contributed by atoms with Crippen LogP contribution in [0, 0.1) is 0 Å². The predicted molar refractivity (Wildman–Crippen MR) is 84.5 cm³/mol. The van der Waals surface area contributed by atoms with E-state index in [1.165, 1.54) is 31.4 Å². The lowest BCUT2D eigenvalue weighted by atomic mass is 10.1. The van der Waals surface area contributed by atoms with Crippen LogP contribution in [0.15, 0.2) is 42.5 Å². The molecule has 5 heteroatoms. The van der Waals surface area contributed by atoms with Crippen molar-refractivity contribution in [3.63, 3.8) is 0 Å². The van der Waals surface area contributed by atoms with Gasteiger partial charge in [-0.25, -0.2) is 0 Å². The fourth-order valence-corrected chi connectivity index (χ4v) is 2.11. The second-order valence-corrected chi connectivity index (χ2v) is 5.01. The van der Waals surface area contributed by atoms with Gasteiger partial charge in [-0.3, -0.25) is 4.79 Å². The molecule has 0 aromatic heterocycles. The quantitative estimate of drug-likeness (QED) is 0.660. The zero-order valence-corrected chi connectivity index (χ0v) is 12.7. The monoisotopic (exact) mass is 322 g/mol. The minimum absolute atomic E-state index is 0.0177. The molecule has 0 saturated carbocycles. The summed E-state index contributed by atoms with van der Waals surface area (Å²) in [7, 11) is 1.42. The molecule has 0 amide bonds. The third-order valence-corrected chi connectivity index (χ3v) is 3.69. The van der Waals surface area contributed by atoms with Crippen molar-refractivity contribution < 1.29 is 14.6 Å². The lowest BCUT2D eigenvalue weighted by molar-refractivity contribution is 0.104. The molecule has 0 radical (unpaired) electrons. The number of benzene rings is 2. The van der Waals surface area contributed by atoms with Crippen molar-refractivity contribution in [1.82, 2.24) is 0 Å². The molecule has 0 atom stereocenters. The molecule has 0 bridgehead atoms. The third-order valence-electron chi connectivity index (χ3n) is 2.86. The summed E-state index contributed by atoms with van der Waals surface area (Å²) in [5, 5.41) is 10.3. The van der Waals surface area contributed by atoms with E-state index in [2.05, 4.69) is 0 Å². The standard InChI is InChI=1S/C16H12Cl2O3/c1-21-15-9-11(6-8-14(15)20)13(19)7-5-10-3-2-4-12(17)16(10)18/h2-9,20H,1H3/b7-5+. The number of aromatic hydroxyl groups is 1. The molecule has 2 rings (SSSR count). The van der Waals surface area contributed by atoms with Crippen molar-refractivity contribution in [1.29, 1.82) is 0 Å². The van der Waals surface area contributed by atoms with Gasteiger partial charge in [-0.05, 0) is 42.0 Å². The van der Waals surface area contributed by atoms with Crippen molar-refractivity contribution >= 4 is 35.1 Å². The number of carbonyl (C=O) groups excluding carboxylic acids is 1. The van der Waals surface area contributed by atoms with E-state index in [1.807, 2.05) is 0 Å². The maximum Gasteiger partial charge on any atom is 0.185 e. The summed E-state index contributed by atoms with van der Waals surface area (Å²) in [6, 6.07) is 9.59. The van der Waals surface area contributed by atoms with E-state index in [-0.39, 0.29) is 17.3 Å². The van der Waals surface area contributed by atoms with Crippen LogP contribution in [0.4, 0.5) is 0 Å². The Morgan fingerprint density at radius 1 is 1.24 bits per heavy atom. The van der Waals surface area contributed by atoms with Gasteiger partial charge in [0, 0.05) is 5.56 Å². The topological polar surface area (TPSA) is 46.5 Å². The van der Waals surface area contributed by atoms with Gasteiger partial charge in [-0.2, -0.15) is 0 Å². The van der Waals surface area contributed by atoms with Gasteiger partial charge in [0.25, 0.3) is 0 Å². The Balaban J connectivity index is 2.25. The number of rotatable bonds is 4. The Morgan fingerprint density at radius 3 is 2.71 bits per heavy atom. The summed E-state index contributed by atoms with van der Waals surface area (Å²) in [5.74, 6) is -0.00436. The first-order valence-corrected chi connectivity index (χ1v) is 6.82. The maximum atomic E-state index is 12.1. The number of halogens is 2. The van der Waals surface area contributed by atoms with Crippen LogP contribution in [-0.4, -0.2) is 18.0 Å². The molecule has 2 aromatic carbocycles. The van der Waals surface area contributed by atoms with E-state index >= 15 is 0 Å². The SMILES string of the molecule is COc1cc(C(=O)/C=C/c2cccc(Cl)c2Cl)ccc1O. The lowest BCUT2D eigenvalue weighted by Crippen LogP contribution is -1.95. The van der Waals surface area contributed by atoms with Gasteiger partial charge in [0.15, 0.2) is 17.3 Å². The van der Waals surface area contributed by atoms with Crippen LogP contribution in [0.2, 0.25) is 10.0 Å². The summed E-state index contributed by atoms with van der Waals surface area (Å²) in [4.78, 5) is 12.1. The second kappa shape index (κ2) is 6.66. The second-order valence-electron chi connectivity index (χ2n) is 4.23. The average Bonchev–Trinajstić information content (AvgIpc) is 2.49. The van der Waals surface area contributed by atoms with Crippen LogP contribution in [0.25, 0.3) is 6.08 Å². The van der Waals surface area contributed by atoms with Crippen LogP contribution < -0.4 is 4.74 Å². The fraction of sp³-hybridized carbons (Fsp3) is 0.0625. The number of phenols is 1. The molecule has 108 valence electrons. The number of ether oxygens (including phenoxy) is 1. The number of phenolic OH excluding ortho intramolecular Hbond substituents is 1. The van der Waals surface area contributed by atoms with Gasteiger partial charge in [0.2, 0.25) is 0 Å². The smallest absolute Gasteiger partial charge is 0.185 e. The number of hydrogen-bond acceptors (Lipinski definition) is 3. The van der Waals surface area contributed by atoms with Crippen molar-refractivity contribution in [2.24, 2.45) is 0 Å². The highest BCUT2D eigenvalue weighted by molar-refractivity contribution is 6.42. The Hall–Kier alpha value is -1.97. The molecule has 3 nitrogen and oxygen atoms in total. The first-order valence-electron chi connectivity index (χ1n) is 6.06. The summed E-state index contributed by atoms with van der Waals surface area (Å²) >= 11 is 12.0. The number of methoxy groups -OCH3 is 1. The molecule has 0 aliphatic rings. The van der Waals surface area contributed by atoms with Gasteiger partial charge in [0.05, 0.1) is 17.2 Å². The number of ketones is 1. The molecule has 0 saturated heterocycles. The largest absolute Gasteiger partial charge is 0.504 e. The van der Waals surface area contributed by atoms with E-state index < -0.39 is 0 Å². The highest BCUT2D eigenvalue weighted by Crippen LogP contribution is 2.28. The molecule has 0 fully saturated rings. The van der Waals surface area contributed by atoms with E-state index in [4.69, 9.17) is 27.9 Å². The molecule has 1 N–H and O–H groups in total. The number of allylic oxidation sites excluding steroid dienone is 1. The molecule has 0 aliphatic carbocycles. The van der Waals surface area contributed by atoms with Gasteiger partial charge in [-0.1, -0.05) is 35.3 Å². The number of hydrogen-bond donors (Lipinski definition) is 1. The highest BCUT2D eigenvalue weighted by Gasteiger charge is 2.08. The summed E-state index contributed by atoms with van der Waals surface area (Å²) < 4.78 is 4.97. The fourth-order valence-electron chi connectivity index (χ4n) is 1.74. The molecule has 0 aliphatic heterocycles. The molecule has 0 unspecified atom stereocenters. The zero-order chi connectivity index (χ0) is 15.4.